The molecule has 15 heavy (non-hydrogen) atoms. The molecule has 86 valence electrons. The summed E-state index contributed by atoms with van der Waals surface area (Å²) in [6.07, 6.45) is 4.25. The first kappa shape index (κ1) is 12.2. The van der Waals surface area contributed by atoms with Gasteiger partial charge >= 0.3 is 5.97 Å². The Hall–Kier alpha value is -0.900. The molecular weight excluding hydrogens is 196 g/mol. The van der Waals surface area contributed by atoms with E-state index >= 15 is 0 Å². The molecule has 4 heteroatoms. The van der Waals surface area contributed by atoms with Crippen LogP contribution in [0.2, 0.25) is 0 Å². The van der Waals surface area contributed by atoms with E-state index in [1.807, 2.05) is 0 Å². The van der Waals surface area contributed by atoms with Crippen LogP contribution in [0, 0.1) is 0 Å². The minimum atomic E-state index is -0.197. The second-order valence-electron chi connectivity index (χ2n) is 3.79. The molecule has 0 saturated heterocycles. The highest BCUT2D eigenvalue weighted by atomic mass is 16.5. The molecule has 0 heterocycles. The maximum atomic E-state index is 11.0. The van der Waals surface area contributed by atoms with E-state index in [0.717, 1.165) is 12.8 Å². The number of hydrogen-bond donors (Lipinski definition) is 0. The molecule has 0 atom stereocenters. The molecule has 1 fully saturated rings. The first-order chi connectivity index (χ1) is 7.22. The molecule has 0 aromatic rings. The van der Waals surface area contributed by atoms with Gasteiger partial charge in [-0.2, -0.15) is 0 Å². The molecule has 0 unspecified atom stereocenters. The first-order valence-corrected chi connectivity index (χ1v) is 5.42. The number of Topliss-reactive ketones (excluding diaryl/α,β-unsaturated/α-hetero) is 1. The predicted molar refractivity (Wildman–Crippen MR) is 54.5 cm³/mol. The summed E-state index contributed by atoms with van der Waals surface area (Å²) in [5.41, 5.74) is 0. The van der Waals surface area contributed by atoms with E-state index in [1.165, 1.54) is 7.11 Å². The van der Waals surface area contributed by atoms with Crippen molar-refractivity contribution >= 4 is 11.8 Å². The van der Waals surface area contributed by atoms with Crippen LogP contribution in [-0.4, -0.2) is 31.6 Å². The number of ketones is 1. The highest BCUT2D eigenvalue weighted by Gasteiger charge is 2.18. The van der Waals surface area contributed by atoms with E-state index in [9.17, 15) is 9.59 Å². The Morgan fingerprint density at radius 2 is 2.07 bits per heavy atom. The summed E-state index contributed by atoms with van der Waals surface area (Å²) >= 11 is 0. The van der Waals surface area contributed by atoms with Gasteiger partial charge in [-0.05, 0) is 19.3 Å². The van der Waals surface area contributed by atoms with Gasteiger partial charge in [0.15, 0.2) is 0 Å². The van der Waals surface area contributed by atoms with Gasteiger partial charge in [0, 0.05) is 25.9 Å². The lowest BCUT2D eigenvalue weighted by atomic mass is 9.96. The molecule has 0 radical (unpaired) electrons. The lowest BCUT2D eigenvalue weighted by Crippen LogP contribution is -2.22. The Bertz CT molecular complexity index is 215. The topological polar surface area (TPSA) is 52.6 Å². The molecule has 0 amide bonds. The molecule has 1 aliphatic carbocycles. The molecule has 0 spiro atoms. The predicted octanol–water partition coefficient (Wildman–Crippen LogP) is 1.47. The maximum Gasteiger partial charge on any atom is 0.305 e. The molecular formula is C11H18O4. The Labute approximate surface area is 89.9 Å². The fourth-order valence-electron chi connectivity index (χ4n) is 1.65. The number of esters is 1. The molecule has 0 aliphatic heterocycles. The third-order valence-electron chi connectivity index (χ3n) is 2.60. The molecule has 0 aromatic carbocycles. The standard InChI is InChI=1S/C11H18O4/c1-14-11(13)3-2-8-15-10-6-4-9(12)5-7-10/h10H,2-8H2,1H3. The molecule has 1 rings (SSSR count). The molecule has 1 saturated carbocycles. The molecule has 4 nitrogen and oxygen atoms in total. The summed E-state index contributed by atoms with van der Waals surface area (Å²) in [6.45, 7) is 0.577. The van der Waals surface area contributed by atoms with E-state index in [-0.39, 0.29) is 12.1 Å². The van der Waals surface area contributed by atoms with Gasteiger partial charge in [0.2, 0.25) is 0 Å². The SMILES string of the molecule is COC(=O)CCCOC1CCC(=O)CC1. The van der Waals surface area contributed by atoms with Gasteiger partial charge in [-0.3, -0.25) is 9.59 Å². The zero-order valence-electron chi connectivity index (χ0n) is 9.16. The summed E-state index contributed by atoms with van der Waals surface area (Å²) < 4.78 is 10.1. The quantitative estimate of drug-likeness (QED) is 0.513. The summed E-state index contributed by atoms with van der Waals surface area (Å²) in [4.78, 5) is 21.7. The van der Waals surface area contributed by atoms with Crippen molar-refractivity contribution in [2.24, 2.45) is 0 Å². The summed E-state index contributed by atoms with van der Waals surface area (Å²) in [5, 5.41) is 0. The highest BCUT2D eigenvalue weighted by Crippen LogP contribution is 2.18. The molecule has 0 aromatic heterocycles. The number of hydrogen-bond acceptors (Lipinski definition) is 4. The van der Waals surface area contributed by atoms with Crippen LogP contribution in [0.3, 0.4) is 0 Å². The average Bonchev–Trinajstić information content (AvgIpc) is 2.26. The molecule has 1 aliphatic rings. The Morgan fingerprint density at radius 1 is 1.40 bits per heavy atom. The Kier molecular flexibility index (Phi) is 5.32. The maximum absolute atomic E-state index is 11.0. The van der Waals surface area contributed by atoms with Gasteiger partial charge in [0.1, 0.15) is 5.78 Å². The third kappa shape index (κ3) is 4.93. The van der Waals surface area contributed by atoms with Gasteiger partial charge < -0.3 is 9.47 Å². The van der Waals surface area contributed by atoms with Crippen LogP contribution in [0.15, 0.2) is 0 Å². The highest BCUT2D eigenvalue weighted by molar-refractivity contribution is 5.79. The first-order valence-electron chi connectivity index (χ1n) is 5.42. The van der Waals surface area contributed by atoms with Crippen molar-refractivity contribution in [1.82, 2.24) is 0 Å². The zero-order chi connectivity index (χ0) is 11.1. The number of carbonyl (C=O) groups is 2. The van der Waals surface area contributed by atoms with Crippen molar-refractivity contribution in [1.29, 1.82) is 0 Å². The fraction of sp³-hybridized carbons (Fsp3) is 0.818. The summed E-state index contributed by atoms with van der Waals surface area (Å²) in [7, 11) is 1.38. The van der Waals surface area contributed by atoms with Crippen molar-refractivity contribution < 1.29 is 19.1 Å². The third-order valence-corrected chi connectivity index (χ3v) is 2.60. The smallest absolute Gasteiger partial charge is 0.305 e. The van der Waals surface area contributed by atoms with Crippen LogP contribution >= 0.6 is 0 Å². The lowest BCUT2D eigenvalue weighted by Gasteiger charge is -2.21. The Morgan fingerprint density at radius 3 is 2.67 bits per heavy atom. The van der Waals surface area contributed by atoms with Gasteiger partial charge in [0.05, 0.1) is 13.2 Å². The van der Waals surface area contributed by atoms with Gasteiger partial charge in [-0.25, -0.2) is 0 Å². The largest absolute Gasteiger partial charge is 0.469 e. The van der Waals surface area contributed by atoms with Crippen LogP contribution in [0.1, 0.15) is 38.5 Å². The normalized spacial score (nSPS) is 17.8. The van der Waals surface area contributed by atoms with Crippen molar-refractivity contribution in [3.05, 3.63) is 0 Å². The van der Waals surface area contributed by atoms with E-state index in [2.05, 4.69) is 4.74 Å². The minimum absolute atomic E-state index is 0.197. The van der Waals surface area contributed by atoms with E-state index < -0.39 is 0 Å². The van der Waals surface area contributed by atoms with E-state index in [4.69, 9.17) is 4.74 Å². The van der Waals surface area contributed by atoms with Crippen molar-refractivity contribution in [2.45, 2.75) is 44.6 Å². The van der Waals surface area contributed by atoms with Crippen LogP contribution in [0.25, 0.3) is 0 Å². The fourth-order valence-corrected chi connectivity index (χ4v) is 1.65. The van der Waals surface area contributed by atoms with Crippen molar-refractivity contribution in [3.63, 3.8) is 0 Å². The number of carbonyl (C=O) groups excluding carboxylic acids is 2. The second kappa shape index (κ2) is 6.56. The van der Waals surface area contributed by atoms with E-state index in [1.54, 1.807) is 0 Å². The van der Waals surface area contributed by atoms with Gasteiger partial charge in [-0.15, -0.1) is 0 Å². The van der Waals surface area contributed by atoms with Crippen LogP contribution < -0.4 is 0 Å². The van der Waals surface area contributed by atoms with Crippen LogP contribution in [0.5, 0.6) is 0 Å². The molecule has 0 N–H and O–H groups in total. The Balaban J connectivity index is 2.00. The van der Waals surface area contributed by atoms with Gasteiger partial charge in [0.25, 0.3) is 0 Å². The summed E-state index contributed by atoms with van der Waals surface area (Å²) in [6, 6.07) is 0. The average molecular weight is 214 g/mol. The second-order valence-corrected chi connectivity index (χ2v) is 3.79. The summed E-state index contributed by atoms with van der Waals surface area (Å²) in [5.74, 6) is 0.141. The number of methoxy groups -OCH3 is 1. The van der Waals surface area contributed by atoms with Gasteiger partial charge in [-0.1, -0.05) is 0 Å². The number of ether oxygens (including phenoxy) is 2. The monoisotopic (exact) mass is 214 g/mol. The van der Waals surface area contributed by atoms with Crippen molar-refractivity contribution in [3.8, 4) is 0 Å². The number of rotatable bonds is 5. The molecule has 0 bridgehead atoms. The van der Waals surface area contributed by atoms with Crippen LogP contribution in [-0.2, 0) is 19.1 Å². The lowest BCUT2D eigenvalue weighted by molar-refractivity contribution is -0.141. The van der Waals surface area contributed by atoms with Crippen molar-refractivity contribution in [2.75, 3.05) is 13.7 Å². The van der Waals surface area contributed by atoms with Crippen LogP contribution in [0.4, 0.5) is 0 Å². The van der Waals surface area contributed by atoms with E-state index in [0.29, 0.717) is 38.1 Å². The minimum Gasteiger partial charge on any atom is -0.469 e. The zero-order valence-corrected chi connectivity index (χ0v) is 9.16.